The fraction of sp³-hybridized carbons (Fsp3) is 0.273. The van der Waals surface area contributed by atoms with E-state index in [1.165, 1.54) is 0 Å². The zero-order valence-electron chi connectivity index (χ0n) is 22.2. The van der Waals surface area contributed by atoms with Crippen molar-refractivity contribution in [3.05, 3.63) is 144 Å². The first kappa shape index (κ1) is 26.7. The standard InChI is InChI=1S/C33H32BIO4/c1-36-32(24-15-7-3-8-16-24,25-17-9-4-10-18-25)30-31(39-34(38-30)28-23-29(28)35)33(37-2,26-19-11-5-12-20-26)27-21-13-6-14-22-27/h3-22,28-31H,23H2,1-2H3/t28-,29+,30-,31-/m1/s1. The molecule has 0 aromatic heterocycles. The van der Waals surface area contributed by atoms with Gasteiger partial charge >= 0.3 is 7.12 Å². The largest absolute Gasteiger partial charge is 0.462 e. The first-order chi connectivity index (χ1) is 19.1. The van der Waals surface area contributed by atoms with Crippen LogP contribution in [-0.4, -0.2) is 37.5 Å². The van der Waals surface area contributed by atoms with Crippen molar-refractivity contribution in [1.29, 1.82) is 0 Å². The van der Waals surface area contributed by atoms with E-state index in [2.05, 4.69) is 71.1 Å². The van der Waals surface area contributed by atoms with Crippen molar-refractivity contribution in [3.63, 3.8) is 0 Å². The van der Waals surface area contributed by atoms with Gasteiger partial charge in [-0.25, -0.2) is 0 Å². The summed E-state index contributed by atoms with van der Waals surface area (Å²) in [6.07, 6.45) is 0.0153. The Morgan fingerprint density at radius 3 is 1.10 bits per heavy atom. The Kier molecular flexibility index (Phi) is 7.66. The molecule has 1 saturated carbocycles. The van der Waals surface area contributed by atoms with Crippen molar-refractivity contribution < 1.29 is 18.8 Å². The summed E-state index contributed by atoms with van der Waals surface area (Å²) in [5, 5.41) is 0. The van der Waals surface area contributed by atoms with E-state index < -0.39 is 23.4 Å². The molecule has 1 aliphatic heterocycles. The lowest BCUT2D eigenvalue weighted by molar-refractivity contribution is -0.136. The summed E-state index contributed by atoms with van der Waals surface area (Å²) in [5.41, 5.74) is 2.11. The summed E-state index contributed by atoms with van der Waals surface area (Å²) < 4.78 is 27.9. The molecule has 1 saturated heterocycles. The van der Waals surface area contributed by atoms with E-state index in [0.29, 0.717) is 9.74 Å². The van der Waals surface area contributed by atoms with Crippen LogP contribution in [0.5, 0.6) is 0 Å². The summed E-state index contributed by atoms with van der Waals surface area (Å²) in [4.78, 5) is 0. The van der Waals surface area contributed by atoms with Crippen LogP contribution in [0, 0.1) is 0 Å². The van der Waals surface area contributed by atoms with Crippen LogP contribution >= 0.6 is 22.6 Å². The highest BCUT2D eigenvalue weighted by Crippen LogP contribution is 2.55. The molecule has 0 radical (unpaired) electrons. The fourth-order valence-corrected chi connectivity index (χ4v) is 7.11. The number of rotatable bonds is 9. The van der Waals surface area contributed by atoms with Crippen LogP contribution in [0.1, 0.15) is 28.7 Å². The number of alkyl halides is 1. The molecule has 0 unspecified atom stereocenters. The van der Waals surface area contributed by atoms with Gasteiger partial charge in [0.1, 0.15) is 23.4 Å². The topological polar surface area (TPSA) is 36.9 Å². The molecular weight excluding hydrogens is 598 g/mol. The summed E-state index contributed by atoms with van der Waals surface area (Å²) in [6.45, 7) is 0. The minimum Gasteiger partial charge on any atom is -0.402 e. The number of halogens is 1. The maximum absolute atomic E-state index is 7.05. The van der Waals surface area contributed by atoms with E-state index in [1.54, 1.807) is 14.2 Å². The van der Waals surface area contributed by atoms with Gasteiger partial charge in [-0.2, -0.15) is 0 Å². The molecule has 1 aliphatic carbocycles. The smallest absolute Gasteiger partial charge is 0.402 e. The minimum atomic E-state index is -0.953. The second-order valence-electron chi connectivity index (χ2n) is 10.2. The van der Waals surface area contributed by atoms with Gasteiger partial charge in [0.25, 0.3) is 0 Å². The van der Waals surface area contributed by atoms with E-state index in [0.717, 1.165) is 28.7 Å². The zero-order chi connectivity index (χ0) is 26.9. The van der Waals surface area contributed by atoms with Crippen molar-refractivity contribution in [2.75, 3.05) is 14.2 Å². The molecule has 6 heteroatoms. The van der Waals surface area contributed by atoms with Crippen molar-refractivity contribution in [2.45, 2.75) is 39.6 Å². The maximum atomic E-state index is 7.05. The van der Waals surface area contributed by atoms with Gasteiger partial charge in [-0.3, -0.25) is 0 Å². The predicted octanol–water partition coefficient (Wildman–Crippen LogP) is 7.02. The quantitative estimate of drug-likeness (QED) is 0.113. The van der Waals surface area contributed by atoms with E-state index in [-0.39, 0.29) is 7.12 Å². The van der Waals surface area contributed by atoms with Gasteiger partial charge in [-0.1, -0.05) is 144 Å². The molecular formula is C33H32BIO4. The lowest BCUT2D eigenvalue weighted by Crippen LogP contribution is -2.56. The van der Waals surface area contributed by atoms with E-state index in [1.807, 2.05) is 72.8 Å². The lowest BCUT2D eigenvalue weighted by atomic mass is 9.71. The van der Waals surface area contributed by atoms with Crippen LogP contribution in [0.3, 0.4) is 0 Å². The molecule has 1 heterocycles. The fourth-order valence-electron chi connectivity index (χ4n) is 6.18. The number of hydrogen-bond donors (Lipinski definition) is 0. The van der Waals surface area contributed by atoms with Gasteiger partial charge in [-0.05, 0) is 28.7 Å². The Morgan fingerprint density at radius 1 is 0.590 bits per heavy atom. The minimum absolute atomic E-state index is 0.320. The van der Waals surface area contributed by atoms with Crippen molar-refractivity contribution in [2.24, 2.45) is 0 Å². The molecule has 4 aromatic rings. The highest BCUT2D eigenvalue weighted by Gasteiger charge is 2.65. The molecule has 198 valence electrons. The molecule has 2 fully saturated rings. The zero-order valence-corrected chi connectivity index (χ0v) is 24.3. The monoisotopic (exact) mass is 630 g/mol. The summed E-state index contributed by atoms with van der Waals surface area (Å²) in [5.74, 6) is 0.320. The molecule has 0 amide bonds. The number of hydrogen-bond acceptors (Lipinski definition) is 4. The van der Waals surface area contributed by atoms with E-state index in [4.69, 9.17) is 18.8 Å². The number of ether oxygens (including phenoxy) is 2. The van der Waals surface area contributed by atoms with Gasteiger partial charge in [0.15, 0.2) is 0 Å². The Balaban J connectivity index is 1.61. The molecule has 6 rings (SSSR count). The third-order valence-corrected chi connectivity index (χ3v) is 9.63. The molecule has 4 aromatic carbocycles. The predicted molar refractivity (Wildman–Crippen MR) is 163 cm³/mol. The van der Waals surface area contributed by atoms with Gasteiger partial charge in [-0.15, -0.1) is 0 Å². The van der Waals surface area contributed by atoms with Crippen molar-refractivity contribution in [1.82, 2.24) is 0 Å². The third-order valence-electron chi connectivity index (χ3n) is 8.20. The van der Waals surface area contributed by atoms with Crippen LogP contribution in [0.15, 0.2) is 121 Å². The summed E-state index contributed by atoms with van der Waals surface area (Å²) in [7, 11) is 3.17. The van der Waals surface area contributed by atoms with E-state index >= 15 is 0 Å². The normalized spacial score (nSPS) is 23.1. The molecule has 2 aliphatic rings. The summed E-state index contributed by atoms with van der Waals surface area (Å²) in [6, 6.07) is 41.4. The van der Waals surface area contributed by atoms with Crippen LogP contribution in [0.2, 0.25) is 5.82 Å². The van der Waals surface area contributed by atoms with Crippen LogP contribution in [0.25, 0.3) is 0 Å². The first-order valence-corrected chi connectivity index (χ1v) is 14.7. The van der Waals surface area contributed by atoms with Gasteiger partial charge in [0, 0.05) is 24.0 Å². The van der Waals surface area contributed by atoms with Gasteiger partial charge < -0.3 is 18.8 Å². The molecule has 39 heavy (non-hydrogen) atoms. The molecule has 4 atom stereocenters. The Hall–Kier alpha value is -2.49. The molecule has 0 spiro atoms. The Morgan fingerprint density at radius 2 is 0.872 bits per heavy atom. The molecule has 0 N–H and O–H groups in total. The first-order valence-electron chi connectivity index (χ1n) is 13.4. The highest BCUT2D eigenvalue weighted by molar-refractivity contribution is 14.1. The third kappa shape index (κ3) is 4.56. The second kappa shape index (κ2) is 11.2. The van der Waals surface area contributed by atoms with Crippen LogP contribution in [-0.2, 0) is 30.0 Å². The van der Waals surface area contributed by atoms with Gasteiger partial charge in [0.05, 0.1) is 0 Å². The van der Waals surface area contributed by atoms with Gasteiger partial charge in [0.2, 0.25) is 0 Å². The summed E-state index contributed by atoms with van der Waals surface area (Å²) >= 11 is 2.50. The molecule has 4 nitrogen and oxygen atoms in total. The Bertz CT molecular complexity index is 1180. The van der Waals surface area contributed by atoms with Crippen LogP contribution in [0.4, 0.5) is 0 Å². The van der Waals surface area contributed by atoms with E-state index in [9.17, 15) is 0 Å². The van der Waals surface area contributed by atoms with Crippen molar-refractivity contribution in [3.8, 4) is 0 Å². The lowest BCUT2D eigenvalue weighted by Gasteiger charge is -2.47. The highest BCUT2D eigenvalue weighted by atomic mass is 127. The second-order valence-corrected chi connectivity index (χ2v) is 11.8. The van der Waals surface area contributed by atoms with Crippen molar-refractivity contribution >= 4 is 29.7 Å². The SMILES string of the molecule is COC(c1ccccc1)(c1ccccc1)[C@@H]1OB([C@@H]2C[C@@H]2I)O[C@H]1C(OC)(c1ccccc1)c1ccccc1. The number of benzene rings is 4. The average Bonchev–Trinajstić information content (AvgIpc) is 3.58. The molecule has 0 bridgehead atoms. The Labute approximate surface area is 244 Å². The van der Waals surface area contributed by atoms with Crippen LogP contribution < -0.4 is 0 Å². The number of methoxy groups -OCH3 is 2. The average molecular weight is 630 g/mol. The maximum Gasteiger partial charge on any atom is 0.462 e.